The smallest absolute Gasteiger partial charge is 0.318 e. The molecule has 0 fully saturated rings. The number of ether oxygens (including phenoxy) is 1. The summed E-state index contributed by atoms with van der Waals surface area (Å²) in [6.07, 6.45) is 8.29. The van der Waals surface area contributed by atoms with Gasteiger partial charge < -0.3 is 25.3 Å². The van der Waals surface area contributed by atoms with Crippen LogP contribution in [0.2, 0.25) is 0 Å². The van der Waals surface area contributed by atoms with E-state index >= 15 is 0 Å². The Balaban J connectivity index is 1.73. The fourth-order valence-electron chi connectivity index (χ4n) is 4.55. The molecular formula is C33H35N5O3. The number of aromatic amines is 1. The average molecular weight is 550 g/mol. The van der Waals surface area contributed by atoms with Crippen LogP contribution in [-0.4, -0.2) is 54.6 Å². The molecule has 8 nitrogen and oxygen atoms in total. The minimum absolute atomic E-state index is 0.209. The van der Waals surface area contributed by atoms with Crippen molar-refractivity contribution < 1.29 is 14.3 Å². The van der Waals surface area contributed by atoms with Crippen LogP contribution in [0, 0.1) is 0 Å². The van der Waals surface area contributed by atoms with Gasteiger partial charge in [0, 0.05) is 66.8 Å². The number of amides is 3. The number of aromatic nitrogens is 2. The van der Waals surface area contributed by atoms with Crippen molar-refractivity contribution in [2.75, 3.05) is 33.1 Å². The molecular weight excluding hydrogens is 514 g/mol. The summed E-state index contributed by atoms with van der Waals surface area (Å²) in [5, 5.41) is 7.00. The van der Waals surface area contributed by atoms with E-state index in [4.69, 9.17) is 4.74 Å². The van der Waals surface area contributed by atoms with Crippen molar-refractivity contribution in [1.82, 2.24) is 20.2 Å². The monoisotopic (exact) mass is 549 g/mol. The van der Waals surface area contributed by atoms with Gasteiger partial charge in [0.25, 0.3) is 5.91 Å². The number of hydrogen-bond acceptors (Lipinski definition) is 4. The van der Waals surface area contributed by atoms with Crippen molar-refractivity contribution in [3.63, 3.8) is 0 Å². The number of urea groups is 1. The Bertz CT molecular complexity index is 1670. The molecule has 0 unspecified atom stereocenters. The zero-order valence-corrected chi connectivity index (χ0v) is 23.8. The number of hydrogen-bond donors (Lipinski definition) is 3. The molecule has 0 aliphatic heterocycles. The maximum atomic E-state index is 13.7. The van der Waals surface area contributed by atoms with Gasteiger partial charge in [0.1, 0.15) is 5.75 Å². The Labute approximate surface area is 240 Å². The van der Waals surface area contributed by atoms with Gasteiger partial charge in [-0.3, -0.25) is 9.78 Å². The lowest BCUT2D eigenvalue weighted by atomic mass is 9.98. The third-order valence-corrected chi connectivity index (χ3v) is 6.85. The standard InChI is InChI=1S/C33H35N5O3/c1-6-23(19-27-22(2)36-21-29(27)26-12-7-8-13-31(26)41-5)24-14-15-30(37-33(40)34-3)28(20-24)32(39)38(4)18-16-25-11-9-10-17-35-25/h6-15,17,19-21,36H,2,16,18H2,1,3-5H3,(H2,34,37,40)/b23-6+,27-19+. The van der Waals surface area contributed by atoms with Gasteiger partial charge in [0.15, 0.2) is 0 Å². The normalized spacial score (nSPS) is 11.7. The molecule has 0 spiro atoms. The maximum Gasteiger partial charge on any atom is 0.318 e. The fourth-order valence-corrected chi connectivity index (χ4v) is 4.55. The van der Waals surface area contributed by atoms with E-state index in [0.29, 0.717) is 24.2 Å². The predicted octanol–water partition coefficient (Wildman–Crippen LogP) is 4.45. The summed E-state index contributed by atoms with van der Waals surface area (Å²) < 4.78 is 5.60. The second-order valence-corrected chi connectivity index (χ2v) is 9.45. The van der Waals surface area contributed by atoms with Gasteiger partial charge in [-0.05, 0) is 54.5 Å². The molecule has 3 amide bonds. The summed E-state index contributed by atoms with van der Waals surface area (Å²) in [5.74, 6) is 0.549. The molecule has 0 aliphatic rings. The number of nitrogens with zero attached hydrogens (tertiary/aromatic N) is 2. The third kappa shape index (κ3) is 6.73. The van der Waals surface area contributed by atoms with Gasteiger partial charge in [0.2, 0.25) is 0 Å². The molecule has 4 aromatic rings. The van der Waals surface area contributed by atoms with Crippen LogP contribution >= 0.6 is 0 Å². The summed E-state index contributed by atoms with van der Waals surface area (Å²) in [6, 6.07) is 18.6. The zero-order valence-electron chi connectivity index (χ0n) is 23.8. The second kappa shape index (κ2) is 13.3. The lowest BCUT2D eigenvalue weighted by Gasteiger charge is -2.20. The fraction of sp³-hybridized carbons (Fsp3) is 0.182. The molecule has 2 heterocycles. The van der Waals surface area contributed by atoms with Gasteiger partial charge in [-0.1, -0.05) is 43.0 Å². The van der Waals surface area contributed by atoms with Gasteiger partial charge in [-0.25, -0.2) is 4.79 Å². The van der Waals surface area contributed by atoms with Crippen LogP contribution in [0.4, 0.5) is 10.5 Å². The molecule has 0 saturated carbocycles. The SMILES string of the molecule is C=c1[nH]cc(-c2ccccc2OC)/c1=C/C(=C\C)c1ccc(NC(=O)NC)c(C(=O)N(C)CCc2ccccn2)c1. The molecule has 2 aromatic carbocycles. The molecule has 210 valence electrons. The highest BCUT2D eigenvalue weighted by atomic mass is 16.5. The molecule has 3 N–H and O–H groups in total. The summed E-state index contributed by atoms with van der Waals surface area (Å²) in [4.78, 5) is 35.1. The number of rotatable bonds is 9. The number of allylic oxidation sites excluding steroid dienone is 2. The van der Waals surface area contributed by atoms with E-state index < -0.39 is 6.03 Å². The van der Waals surface area contributed by atoms with Gasteiger partial charge >= 0.3 is 6.03 Å². The Kier molecular flexibility index (Phi) is 9.37. The lowest BCUT2D eigenvalue weighted by Crippen LogP contribution is -2.31. The second-order valence-electron chi connectivity index (χ2n) is 9.45. The van der Waals surface area contributed by atoms with Crippen LogP contribution in [0.1, 0.15) is 28.5 Å². The Morgan fingerprint density at radius 3 is 2.59 bits per heavy atom. The van der Waals surface area contributed by atoms with Crippen molar-refractivity contribution in [1.29, 1.82) is 0 Å². The average Bonchev–Trinajstić information content (AvgIpc) is 3.38. The highest BCUT2D eigenvalue weighted by molar-refractivity contribution is 6.05. The highest BCUT2D eigenvalue weighted by Gasteiger charge is 2.19. The number of likely N-dealkylation sites (N-methyl/N-ethyl adjacent to an activating group) is 1. The third-order valence-electron chi connectivity index (χ3n) is 6.85. The molecule has 0 atom stereocenters. The first-order valence-corrected chi connectivity index (χ1v) is 13.3. The minimum Gasteiger partial charge on any atom is -0.496 e. The number of H-pyrrole nitrogens is 1. The first-order valence-electron chi connectivity index (χ1n) is 13.3. The molecule has 0 radical (unpaired) electrons. The summed E-state index contributed by atoms with van der Waals surface area (Å²) >= 11 is 0. The lowest BCUT2D eigenvalue weighted by molar-refractivity contribution is 0.0797. The number of nitrogens with one attached hydrogen (secondary N) is 3. The van der Waals surface area contributed by atoms with Gasteiger partial charge in [-0.15, -0.1) is 0 Å². The Morgan fingerprint density at radius 2 is 1.88 bits per heavy atom. The predicted molar refractivity (Wildman–Crippen MR) is 165 cm³/mol. The first-order chi connectivity index (χ1) is 19.9. The van der Waals surface area contributed by atoms with Crippen LogP contribution in [0.3, 0.4) is 0 Å². The van der Waals surface area contributed by atoms with E-state index in [2.05, 4.69) is 27.2 Å². The van der Waals surface area contributed by atoms with Crippen LogP contribution in [-0.2, 0) is 6.42 Å². The number of anilines is 1. The maximum absolute atomic E-state index is 13.7. The zero-order chi connectivity index (χ0) is 29.4. The van der Waals surface area contributed by atoms with Crippen molar-refractivity contribution in [3.05, 3.63) is 107 Å². The van der Waals surface area contributed by atoms with Gasteiger partial charge in [0.05, 0.1) is 18.4 Å². The van der Waals surface area contributed by atoms with Crippen molar-refractivity contribution in [2.45, 2.75) is 13.3 Å². The number of para-hydroxylation sites is 1. The summed E-state index contributed by atoms with van der Waals surface area (Å²) in [7, 11) is 4.93. The Morgan fingerprint density at radius 1 is 1.10 bits per heavy atom. The largest absolute Gasteiger partial charge is 0.496 e. The molecule has 4 rings (SSSR count). The quantitative estimate of drug-likeness (QED) is 0.287. The van der Waals surface area contributed by atoms with Crippen LogP contribution in [0.5, 0.6) is 5.75 Å². The van der Waals surface area contributed by atoms with Crippen LogP contribution in [0.25, 0.3) is 29.4 Å². The molecule has 2 aromatic heterocycles. The van der Waals surface area contributed by atoms with E-state index in [9.17, 15) is 9.59 Å². The minimum atomic E-state index is -0.406. The van der Waals surface area contributed by atoms with Crippen LogP contribution in [0.15, 0.2) is 79.1 Å². The van der Waals surface area contributed by atoms with E-state index in [1.807, 2.05) is 79.9 Å². The van der Waals surface area contributed by atoms with Crippen molar-refractivity contribution in [3.8, 4) is 16.9 Å². The number of pyridine rings is 1. The molecule has 0 aliphatic carbocycles. The summed E-state index contributed by atoms with van der Waals surface area (Å²) in [5.41, 5.74) is 5.32. The highest BCUT2D eigenvalue weighted by Crippen LogP contribution is 2.28. The van der Waals surface area contributed by atoms with E-state index in [0.717, 1.165) is 44.3 Å². The topological polar surface area (TPSA) is 99.3 Å². The van der Waals surface area contributed by atoms with Crippen LogP contribution < -0.4 is 25.9 Å². The number of carbonyl (C=O) groups excluding carboxylic acids is 2. The molecule has 0 bridgehead atoms. The number of methoxy groups -OCH3 is 1. The first kappa shape index (κ1) is 28.9. The van der Waals surface area contributed by atoms with Gasteiger partial charge in [-0.2, -0.15) is 0 Å². The molecule has 0 saturated heterocycles. The summed E-state index contributed by atoms with van der Waals surface area (Å²) in [6.45, 7) is 6.62. The molecule has 41 heavy (non-hydrogen) atoms. The Hall–Kier alpha value is -5.11. The number of benzene rings is 2. The van der Waals surface area contributed by atoms with E-state index in [1.54, 1.807) is 31.3 Å². The molecule has 8 heteroatoms. The van der Waals surface area contributed by atoms with E-state index in [-0.39, 0.29) is 5.91 Å². The number of carbonyl (C=O) groups is 2. The van der Waals surface area contributed by atoms with E-state index in [1.165, 1.54) is 7.05 Å². The van der Waals surface area contributed by atoms with Crippen molar-refractivity contribution in [2.24, 2.45) is 0 Å². The van der Waals surface area contributed by atoms with Crippen molar-refractivity contribution >= 4 is 35.9 Å².